The molecule has 2 aromatic heterocycles. The van der Waals surface area contributed by atoms with Crippen LogP contribution in [-0.4, -0.2) is 27.4 Å². The fourth-order valence-electron chi connectivity index (χ4n) is 2.65. The molecule has 30 heavy (non-hydrogen) atoms. The number of carbonyl (C=O) groups excluding carboxylic acids is 2. The first-order valence-corrected chi connectivity index (χ1v) is 12.2. The van der Waals surface area contributed by atoms with E-state index in [-0.39, 0.29) is 17.9 Å². The number of benzene rings is 1. The number of hydrogen-bond acceptors (Lipinski definition) is 7. The molecule has 0 aliphatic rings. The number of rotatable bonds is 9. The number of thiophene rings is 2. The normalized spacial score (nSPS) is 12.3. The molecule has 0 saturated carbocycles. The molecule has 0 fully saturated rings. The number of hydrogen-bond donors (Lipinski definition) is 2. The summed E-state index contributed by atoms with van der Waals surface area (Å²) in [6, 6.07) is 12.5. The Morgan fingerprint density at radius 3 is 2.33 bits per heavy atom. The number of sulfonamides is 1. The molecule has 1 aromatic carbocycles. The van der Waals surface area contributed by atoms with E-state index < -0.39 is 27.9 Å². The highest BCUT2D eigenvalue weighted by molar-refractivity contribution is 7.89. The van der Waals surface area contributed by atoms with Crippen LogP contribution in [0.4, 0.5) is 0 Å². The Morgan fingerprint density at radius 1 is 1.03 bits per heavy atom. The second-order valence-corrected chi connectivity index (χ2v) is 10.0. The molecule has 1 amide bonds. The first-order valence-electron chi connectivity index (χ1n) is 8.92. The lowest BCUT2D eigenvalue weighted by molar-refractivity contribution is -0.141. The summed E-state index contributed by atoms with van der Waals surface area (Å²) in [6.45, 7) is 0.207. The van der Waals surface area contributed by atoms with Crippen LogP contribution in [0.15, 0.2) is 64.2 Å². The Morgan fingerprint density at radius 2 is 1.73 bits per heavy atom. The van der Waals surface area contributed by atoms with Gasteiger partial charge in [-0.3, -0.25) is 9.59 Å². The molecule has 0 aliphatic carbocycles. The van der Waals surface area contributed by atoms with Gasteiger partial charge in [0.25, 0.3) is 5.91 Å². The lowest BCUT2D eigenvalue weighted by Crippen LogP contribution is -2.30. The lowest BCUT2D eigenvalue weighted by Gasteiger charge is -2.16. The van der Waals surface area contributed by atoms with E-state index >= 15 is 0 Å². The van der Waals surface area contributed by atoms with Crippen molar-refractivity contribution in [1.82, 2.24) is 10.0 Å². The van der Waals surface area contributed by atoms with Gasteiger partial charge < -0.3 is 10.1 Å². The van der Waals surface area contributed by atoms with E-state index in [4.69, 9.17) is 4.74 Å². The third-order valence-corrected chi connectivity index (χ3v) is 7.51. The van der Waals surface area contributed by atoms with Crippen LogP contribution in [0.1, 0.15) is 32.6 Å². The molecule has 1 atom stereocenters. The molecule has 0 aliphatic heterocycles. The number of amides is 1. The van der Waals surface area contributed by atoms with Crippen molar-refractivity contribution in [1.29, 1.82) is 0 Å². The molecule has 2 N–H and O–H groups in total. The van der Waals surface area contributed by atoms with Crippen molar-refractivity contribution in [3.8, 4) is 0 Å². The number of nitrogens with one attached hydrogen (secondary N) is 2. The first-order chi connectivity index (χ1) is 14.4. The van der Waals surface area contributed by atoms with Gasteiger partial charge in [-0.05, 0) is 47.2 Å². The SMILES string of the molecule is COC(=O)CC(NC(=O)c1ccc(S(=O)(=O)NCc2cccs2)cc1)c1cccs1. The maximum atomic E-state index is 12.6. The summed E-state index contributed by atoms with van der Waals surface area (Å²) in [4.78, 5) is 26.1. The summed E-state index contributed by atoms with van der Waals surface area (Å²) < 4.78 is 32.1. The second kappa shape index (κ2) is 9.98. The zero-order valence-electron chi connectivity index (χ0n) is 16.0. The van der Waals surface area contributed by atoms with Crippen molar-refractivity contribution >= 4 is 44.6 Å². The van der Waals surface area contributed by atoms with Crippen molar-refractivity contribution in [3.05, 3.63) is 74.6 Å². The maximum Gasteiger partial charge on any atom is 0.307 e. The van der Waals surface area contributed by atoms with Crippen molar-refractivity contribution in [2.24, 2.45) is 0 Å². The van der Waals surface area contributed by atoms with Gasteiger partial charge in [0.15, 0.2) is 0 Å². The van der Waals surface area contributed by atoms with E-state index in [1.54, 1.807) is 0 Å². The Balaban J connectivity index is 1.68. The average molecular weight is 465 g/mol. The Labute approximate surface area is 182 Å². The highest BCUT2D eigenvalue weighted by Crippen LogP contribution is 2.23. The standard InChI is InChI=1S/C20H20N2O5S3/c1-27-19(23)12-17(18-5-3-11-29-18)22-20(24)14-6-8-16(9-7-14)30(25,26)21-13-15-4-2-10-28-15/h2-11,17,21H,12-13H2,1H3,(H,22,24). The molecule has 10 heteroatoms. The summed E-state index contributed by atoms with van der Waals surface area (Å²) in [7, 11) is -2.40. The molecule has 1 unspecified atom stereocenters. The molecule has 0 radical (unpaired) electrons. The van der Waals surface area contributed by atoms with Crippen LogP contribution in [0, 0.1) is 0 Å². The van der Waals surface area contributed by atoms with Crippen LogP contribution in [0.3, 0.4) is 0 Å². The van der Waals surface area contributed by atoms with Gasteiger partial charge >= 0.3 is 5.97 Å². The Kier molecular flexibility index (Phi) is 7.38. The summed E-state index contributed by atoms with van der Waals surface area (Å²) in [6.07, 6.45) is 0.00184. The maximum absolute atomic E-state index is 12.6. The van der Waals surface area contributed by atoms with E-state index in [0.717, 1.165) is 9.75 Å². The highest BCUT2D eigenvalue weighted by atomic mass is 32.2. The number of carbonyl (C=O) groups is 2. The van der Waals surface area contributed by atoms with Crippen molar-refractivity contribution in [3.63, 3.8) is 0 Å². The van der Waals surface area contributed by atoms with Gasteiger partial charge in [0.2, 0.25) is 10.0 Å². The molecule has 158 valence electrons. The van der Waals surface area contributed by atoms with Gasteiger partial charge in [-0.25, -0.2) is 13.1 Å². The van der Waals surface area contributed by atoms with E-state index in [9.17, 15) is 18.0 Å². The predicted molar refractivity (Wildman–Crippen MR) is 116 cm³/mol. The molecule has 3 rings (SSSR count). The van der Waals surface area contributed by atoms with E-state index in [0.29, 0.717) is 5.56 Å². The third kappa shape index (κ3) is 5.76. The summed E-state index contributed by atoms with van der Waals surface area (Å²) in [5, 5.41) is 6.54. The monoisotopic (exact) mass is 464 g/mol. The van der Waals surface area contributed by atoms with Crippen LogP contribution >= 0.6 is 22.7 Å². The molecular weight excluding hydrogens is 444 g/mol. The summed E-state index contributed by atoms with van der Waals surface area (Å²) >= 11 is 2.88. The third-order valence-electron chi connectivity index (χ3n) is 4.23. The first kappa shape index (κ1) is 22.2. The van der Waals surface area contributed by atoms with Crippen molar-refractivity contribution < 1.29 is 22.7 Å². The smallest absolute Gasteiger partial charge is 0.307 e. The van der Waals surface area contributed by atoms with Gasteiger partial charge in [-0.2, -0.15) is 0 Å². The summed E-state index contributed by atoms with van der Waals surface area (Å²) in [5.74, 6) is -0.847. The van der Waals surface area contributed by atoms with Crippen molar-refractivity contribution in [2.75, 3.05) is 7.11 Å². The van der Waals surface area contributed by atoms with Gasteiger partial charge in [-0.15, -0.1) is 22.7 Å². The van der Waals surface area contributed by atoms with E-state index in [1.807, 2.05) is 35.0 Å². The number of methoxy groups -OCH3 is 1. The quantitative estimate of drug-likeness (QED) is 0.473. The van der Waals surface area contributed by atoms with Gasteiger partial charge in [0.05, 0.1) is 24.5 Å². The predicted octanol–water partition coefficient (Wildman–Crippen LogP) is 3.32. The minimum Gasteiger partial charge on any atom is -0.469 e. The molecular formula is C20H20N2O5S3. The van der Waals surface area contributed by atoms with Crippen molar-refractivity contribution in [2.45, 2.75) is 23.9 Å². The van der Waals surface area contributed by atoms with Gasteiger partial charge in [0.1, 0.15) is 0 Å². The van der Waals surface area contributed by atoms with Gasteiger partial charge in [-0.1, -0.05) is 12.1 Å². The largest absolute Gasteiger partial charge is 0.469 e. The van der Waals surface area contributed by atoms with E-state index in [2.05, 4.69) is 10.0 Å². The zero-order chi connectivity index (χ0) is 21.6. The lowest BCUT2D eigenvalue weighted by atomic mass is 10.1. The van der Waals surface area contributed by atoms with Crippen LogP contribution in [-0.2, 0) is 26.1 Å². The van der Waals surface area contributed by atoms with Gasteiger partial charge in [0, 0.05) is 21.9 Å². The number of ether oxygens (including phenoxy) is 1. The Hall–Kier alpha value is -2.53. The molecule has 7 nitrogen and oxygen atoms in total. The topological polar surface area (TPSA) is 102 Å². The fourth-order valence-corrected chi connectivity index (χ4v) is 5.17. The zero-order valence-corrected chi connectivity index (χ0v) is 18.5. The highest BCUT2D eigenvalue weighted by Gasteiger charge is 2.21. The van der Waals surface area contributed by atoms with E-state index in [1.165, 1.54) is 54.0 Å². The Bertz CT molecular complexity index is 1080. The molecule has 0 bridgehead atoms. The van der Waals surface area contributed by atoms with Crippen LogP contribution in [0.25, 0.3) is 0 Å². The average Bonchev–Trinajstić information content (AvgIpc) is 3.46. The second-order valence-electron chi connectivity index (χ2n) is 6.25. The number of esters is 1. The summed E-state index contributed by atoms with van der Waals surface area (Å²) in [5.41, 5.74) is 0.290. The molecule has 2 heterocycles. The van der Waals surface area contributed by atoms with Crippen LogP contribution < -0.4 is 10.0 Å². The molecule has 0 saturated heterocycles. The minimum absolute atomic E-state index is 0.00184. The van der Waals surface area contributed by atoms with Crippen LogP contribution in [0.2, 0.25) is 0 Å². The fraction of sp³-hybridized carbons (Fsp3) is 0.200. The van der Waals surface area contributed by atoms with Crippen LogP contribution in [0.5, 0.6) is 0 Å². The molecule has 0 spiro atoms. The molecule has 3 aromatic rings. The minimum atomic E-state index is -3.69.